The summed E-state index contributed by atoms with van der Waals surface area (Å²) < 4.78 is 1.85. The maximum atomic E-state index is 13.1. The molecule has 2 aliphatic heterocycles. The number of rotatable bonds is 4. The van der Waals surface area contributed by atoms with Crippen molar-refractivity contribution in [2.24, 2.45) is 10.9 Å². The minimum absolute atomic E-state index is 0.0111. The predicted octanol–water partition coefficient (Wildman–Crippen LogP) is 3.58. The molecule has 0 aliphatic carbocycles. The van der Waals surface area contributed by atoms with Gasteiger partial charge in [0, 0.05) is 21.1 Å². The van der Waals surface area contributed by atoms with Crippen LogP contribution in [0, 0.1) is 5.92 Å². The third-order valence-corrected chi connectivity index (χ3v) is 6.52. The van der Waals surface area contributed by atoms with Crippen LogP contribution >= 0.6 is 43.6 Å². The van der Waals surface area contributed by atoms with Gasteiger partial charge in [0.15, 0.2) is 11.0 Å². The van der Waals surface area contributed by atoms with E-state index in [1.165, 1.54) is 11.8 Å². The van der Waals surface area contributed by atoms with Gasteiger partial charge in [-0.15, -0.1) is 0 Å². The molecule has 28 heavy (non-hydrogen) atoms. The van der Waals surface area contributed by atoms with Gasteiger partial charge in [0.05, 0.1) is 17.4 Å². The quantitative estimate of drug-likeness (QED) is 0.599. The first-order chi connectivity index (χ1) is 13.5. The van der Waals surface area contributed by atoms with E-state index in [0.29, 0.717) is 17.3 Å². The monoisotopic (exact) mass is 522 g/mol. The molecule has 2 aromatic carbocycles. The number of hydrogen-bond donors (Lipinski definition) is 2. The van der Waals surface area contributed by atoms with Crippen molar-refractivity contribution in [2.45, 2.75) is 6.17 Å². The molecular weight excluding hydrogens is 508 g/mol. The molecule has 2 heterocycles. The number of amides is 1. The topological polar surface area (TPSA) is 73.8 Å². The number of benzene rings is 2. The van der Waals surface area contributed by atoms with Crippen LogP contribution in [0.3, 0.4) is 0 Å². The van der Waals surface area contributed by atoms with E-state index in [1.807, 2.05) is 36.4 Å². The fraction of sp³-hybridized carbons (Fsp3) is 0.211. The van der Waals surface area contributed by atoms with Crippen LogP contribution in [0.25, 0.3) is 0 Å². The Morgan fingerprint density at radius 3 is 2.43 bits per heavy atom. The van der Waals surface area contributed by atoms with E-state index >= 15 is 0 Å². The Morgan fingerprint density at radius 1 is 1.11 bits per heavy atom. The molecule has 1 amide bonds. The molecule has 144 valence electrons. The zero-order chi connectivity index (χ0) is 19.7. The number of carbonyl (C=O) groups is 2. The standard InChI is InChI=1S/C19H16Br2N4O2S/c20-12-3-1-11(2-4-12)16(26)10-28-19-23-17-15(9-22-24-17)18(27)25(19)14-7-5-13(21)6-8-14/h1-8,15,17,22,24H,9-10H2. The number of nitrogens with one attached hydrogen (secondary N) is 2. The van der Waals surface area contributed by atoms with E-state index in [0.717, 1.165) is 14.6 Å². The van der Waals surface area contributed by atoms with Crippen LogP contribution in [-0.2, 0) is 4.79 Å². The largest absolute Gasteiger partial charge is 0.293 e. The molecule has 4 rings (SSSR count). The Morgan fingerprint density at radius 2 is 1.75 bits per heavy atom. The maximum absolute atomic E-state index is 13.1. The number of fused-ring (bicyclic) bond motifs is 1. The maximum Gasteiger partial charge on any atom is 0.241 e. The van der Waals surface area contributed by atoms with E-state index in [4.69, 9.17) is 4.99 Å². The molecule has 0 bridgehead atoms. The van der Waals surface area contributed by atoms with Gasteiger partial charge in [0.1, 0.15) is 6.17 Å². The molecule has 0 radical (unpaired) electrons. The third-order valence-electron chi connectivity index (χ3n) is 4.51. The second kappa shape index (κ2) is 8.46. The first-order valence-electron chi connectivity index (χ1n) is 8.60. The second-order valence-corrected chi connectivity index (χ2v) is 9.13. The number of ketones is 1. The van der Waals surface area contributed by atoms with Crippen LogP contribution in [0.15, 0.2) is 62.5 Å². The number of nitrogens with zero attached hydrogens (tertiary/aromatic N) is 2. The first kappa shape index (κ1) is 19.8. The average Bonchev–Trinajstić information content (AvgIpc) is 3.17. The van der Waals surface area contributed by atoms with E-state index < -0.39 is 0 Å². The summed E-state index contributed by atoms with van der Waals surface area (Å²) in [6.07, 6.45) is -0.315. The Kier molecular flexibility index (Phi) is 5.98. The van der Waals surface area contributed by atoms with E-state index in [2.05, 4.69) is 42.7 Å². The fourth-order valence-electron chi connectivity index (χ4n) is 3.05. The Bertz CT molecular complexity index is 934. The normalized spacial score (nSPS) is 21.4. The van der Waals surface area contributed by atoms with Crippen LogP contribution in [-0.4, -0.2) is 35.3 Å². The lowest BCUT2D eigenvalue weighted by molar-refractivity contribution is -0.121. The second-order valence-electron chi connectivity index (χ2n) is 6.36. The molecular formula is C19H16Br2N4O2S. The summed E-state index contributed by atoms with van der Waals surface area (Å²) in [5.41, 5.74) is 7.40. The van der Waals surface area contributed by atoms with Crippen molar-refractivity contribution >= 4 is 66.2 Å². The van der Waals surface area contributed by atoms with Crippen LogP contribution in [0.4, 0.5) is 5.69 Å². The molecule has 1 saturated heterocycles. The van der Waals surface area contributed by atoms with Gasteiger partial charge in [-0.3, -0.25) is 19.9 Å². The number of Topliss-reactive ketones (excluding diaryl/α,β-unsaturated/α-hetero) is 1. The lowest BCUT2D eigenvalue weighted by atomic mass is 10.0. The van der Waals surface area contributed by atoms with Gasteiger partial charge in [-0.2, -0.15) is 0 Å². The molecule has 2 aromatic rings. The SMILES string of the molecule is O=C(CSC1=NC2NNCC2C(=O)N1c1ccc(Br)cc1)c1ccc(Br)cc1. The first-order valence-corrected chi connectivity index (χ1v) is 11.2. The van der Waals surface area contributed by atoms with Gasteiger partial charge in [0.25, 0.3) is 0 Å². The number of thioether (sulfide) groups is 1. The van der Waals surface area contributed by atoms with Crippen molar-refractivity contribution in [3.63, 3.8) is 0 Å². The lowest BCUT2D eigenvalue weighted by Gasteiger charge is -2.32. The summed E-state index contributed by atoms with van der Waals surface area (Å²) in [5, 5.41) is 0.523. The van der Waals surface area contributed by atoms with Crippen molar-refractivity contribution in [3.8, 4) is 0 Å². The van der Waals surface area contributed by atoms with Gasteiger partial charge in [-0.25, -0.2) is 10.4 Å². The van der Waals surface area contributed by atoms with Crippen molar-refractivity contribution < 1.29 is 9.59 Å². The molecule has 9 heteroatoms. The van der Waals surface area contributed by atoms with Crippen molar-refractivity contribution in [3.05, 3.63) is 63.0 Å². The smallest absolute Gasteiger partial charge is 0.241 e. The van der Waals surface area contributed by atoms with E-state index in [1.54, 1.807) is 17.0 Å². The Labute approximate surface area is 183 Å². The summed E-state index contributed by atoms with van der Waals surface area (Å²) in [6, 6.07) is 14.7. The van der Waals surface area contributed by atoms with Crippen molar-refractivity contribution in [1.82, 2.24) is 10.9 Å². The summed E-state index contributed by atoms with van der Waals surface area (Å²) in [7, 11) is 0. The van der Waals surface area contributed by atoms with E-state index in [-0.39, 0.29) is 29.5 Å². The van der Waals surface area contributed by atoms with E-state index in [9.17, 15) is 9.59 Å². The molecule has 2 N–H and O–H groups in total. The van der Waals surface area contributed by atoms with Crippen LogP contribution in [0.1, 0.15) is 10.4 Å². The average molecular weight is 524 g/mol. The van der Waals surface area contributed by atoms with Gasteiger partial charge in [-0.05, 0) is 36.4 Å². The Hall–Kier alpha value is -1.52. The van der Waals surface area contributed by atoms with Crippen LogP contribution in [0.5, 0.6) is 0 Å². The fourth-order valence-corrected chi connectivity index (χ4v) is 4.51. The highest BCUT2D eigenvalue weighted by Gasteiger charge is 2.42. The Balaban J connectivity index is 1.58. The molecule has 6 nitrogen and oxygen atoms in total. The number of hydrazine groups is 1. The number of anilines is 1. The number of halogens is 2. The third kappa shape index (κ3) is 4.08. The molecule has 0 saturated carbocycles. The van der Waals surface area contributed by atoms with Gasteiger partial charge >= 0.3 is 0 Å². The summed E-state index contributed by atoms with van der Waals surface area (Å²) in [5.74, 6) is -0.109. The minimum atomic E-state index is -0.315. The van der Waals surface area contributed by atoms with Gasteiger partial charge in [-0.1, -0.05) is 55.8 Å². The summed E-state index contributed by atoms with van der Waals surface area (Å²) in [6.45, 7) is 0.524. The number of hydrogen-bond acceptors (Lipinski definition) is 6. The van der Waals surface area contributed by atoms with Crippen LogP contribution < -0.4 is 15.8 Å². The van der Waals surface area contributed by atoms with Crippen molar-refractivity contribution in [1.29, 1.82) is 0 Å². The highest BCUT2D eigenvalue weighted by atomic mass is 79.9. The predicted molar refractivity (Wildman–Crippen MR) is 118 cm³/mol. The van der Waals surface area contributed by atoms with Gasteiger partial charge < -0.3 is 0 Å². The minimum Gasteiger partial charge on any atom is -0.293 e. The molecule has 0 spiro atoms. The number of aliphatic imine (C=N–C) groups is 1. The lowest BCUT2D eigenvalue weighted by Crippen LogP contribution is -2.49. The zero-order valence-corrected chi connectivity index (χ0v) is 18.6. The summed E-state index contributed by atoms with van der Waals surface area (Å²) in [4.78, 5) is 32.0. The molecule has 2 unspecified atom stereocenters. The molecule has 2 atom stereocenters. The summed E-state index contributed by atoms with van der Waals surface area (Å²) >= 11 is 8.07. The highest BCUT2D eigenvalue weighted by molar-refractivity contribution is 9.10. The highest BCUT2D eigenvalue weighted by Crippen LogP contribution is 2.30. The van der Waals surface area contributed by atoms with Gasteiger partial charge in [0.2, 0.25) is 5.91 Å². The zero-order valence-electron chi connectivity index (χ0n) is 14.6. The number of amidine groups is 1. The molecule has 2 aliphatic rings. The van der Waals surface area contributed by atoms with Crippen molar-refractivity contribution in [2.75, 3.05) is 17.2 Å². The number of carbonyl (C=O) groups excluding carboxylic acids is 2. The van der Waals surface area contributed by atoms with Crippen LogP contribution in [0.2, 0.25) is 0 Å². The molecule has 0 aromatic heterocycles. The molecule has 1 fully saturated rings.